The van der Waals surface area contributed by atoms with Crippen molar-refractivity contribution in [2.75, 3.05) is 10.2 Å². The molecule has 6 heteroatoms. The van der Waals surface area contributed by atoms with Gasteiger partial charge in [0.25, 0.3) is 5.95 Å². The first-order valence-corrected chi connectivity index (χ1v) is 7.12. The first-order chi connectivity index (χ1) is 10.2. The minimum atomic E-state index is -0.319. The molecule has 0 radical (unpaired) electrons. The Kier molecular flexibility index (Phi) is 3.60. The monoisotopic (exact) mass is 286 g/mol. The lowest BCUT2D eigenvalue weighted by Crippen LogP contribution is -2.46. The van der Waals surface area contributed by atoms with Gasteiger partial charge in [-0.1, -0.05) is 38.5 Å². The maximum Gasteiger partial charge on any atom is 0.266 e. The number of nitrogens with zero attached hydrogens (tertiary/aromatic N) is 3. The van der Waals surface area contributed by atoms with E-state index in [1.165, 1.54) is 6.39 Å². The quantitative estimate of drug-likeness (QED) is 0.938. The molecule has 0 unspecified atom stereocenters. The zero-order valence-electron chi connectivity index (χ0n) is 12.1. The third kappa shape index (κ3) is 2.49. The summed E-state index contributed by atoms with van der Waals surface area (Å²) in [6, 6.07) is 7.48. The van der Waals surface area contributed by atoms with Gasteiger partial charge in [0, 0.05) is 12.2 Å². The number of amides is 1. The van der Waals surface area contributed by atoms with Crippen LogP contribution in [0.4, 0.5) is 11.6 Å². The molecule has 21 heavy (non-hydrogen) atoms. The lowest BCUT2D eigenvalue weighted by Gasteiger charge is -2.31. The molecule has 0 fully saturated rings. The van der Waals surface area contributed by atoms with E-state index in [4.69, 9.17) is 4.52 Å². The molecule has 0 saturated heterocycles. The Morgan fingerprint density at radius 3 is 3.00 bits per heavy atom. The van der Waals surface area contributed by atoms with Gasteiger partial charge in [-0.05, 0) is 22.7 Å². The Morgan fingerprint density at radius 1 is 1.48 bits per heavy atom. The Hall–Kier alpha value is -2.37. The van der Waals surface area contributed by atoms with Gasteiger partial charge >= 0.3 is 0 Å². The molecule has 0 bridgehead atoms. The van der Waals surface area contributed by atoms with Gasteiger partial charge in [-0.3, -0.25) is 4.79 Å². The Balaban J connectivity index is 2.05. The van der Waals surface area contributed by atoms with E-state index >= 15 is 0 Å². The summed E-state index contributed by atoms with van der Waals surface area (Å²) in [6.07, 6.45) is 2.18. The Bertz CT molecular complexity index is 626. The van der Waals surface area contributed by atoms with Crippen LogP contribution in [-0.2, 0) is 11.3 Å². The van der Waals surface area contributed by atoms with Crippen LogP contribution in [0.2, 0.25) is 0 Å². The second kappa shape index (κ2) is 5.55. The molecule has 1 aliphatic heterocycles. The van der Waals surface area contributed by atoms with Crippen molar-refractivity contribution in [1.82, 2.24) is 10.1 Å². The number of anilines is 2. The zero-order chi connectivity index (χ0) is 14.8. The standard InChI is InChI=1S/C15H18N4O2/c1-3-10(2)13-14(20)17-12-7-5-4-6-11(12)8-19(13)15-16-9-21-18-15/h4-7,9-10,13H,3,8H2,1-2H3,(H,17,20)/t10-,13-/m0/s1. The lowest BCUT2D eigenvalue weighted by atomic mass is 9.97. The number of hydrogen-bond donors (Lipinski definition) is 1. The average Bonchev–Trinajstić information content (AvgIpc) is 2.97. The fourth-order valence-electron chi connectivity index (χ4n) is 2.69. The van der Waals surface area contributed by atoms with Crippen LogP contribution in [0, 0.1) is 5.92 Å². The number of fused-ring (bicyclic) bond motifs is 1. The summed E-state index contributed by atoms with van der Waals surface area (Å²) in [5, 5.41) is 6.93. The van der Waals surface area contributed by atoms with E-state index in [0.29, 0.717) is 12.5 Å². The number of aromatic nitrogens is 2. The average molecular weight is 286 g/mol. The van der Waals surface area contributed by atoms with Gasteiger partial charge in [0.1, 0.15) is 6.04 Å². The summed E-state index contributed by atoms with van der Waals surface area (Å²) < 4.78 is 4.86. The van der Waals surface area contributed by atoms with Crippen molar-refractivity contribution < 1.29 is 9.32 Å². The normalized spacial score (nSPS) is 19.6. The highest BCUT2D eigenvalue weighted by atomic mass is 16.5. The summed E-state index contributed by atoms with van der Waals surface area (Å²) in [7, 11) is 0. The number of carbonyl (C=O) groups is 1. The third-order valence-electron chi connectivity index (χ3n) is 4.01. The molecule has 6 nitrogen and oxygen atoms in total. The molecule has 110 valence electrons. The summed E-state index contributed by atoms with van der Waals surface area (Å²) in [4.78, 5) is 18.7. The number of para-hydroxylation sites is 1. The van der Waals surface area contributed by atoms with Gasteiger partial charge in [-0.2, -0.15) is 4.98 Å². The predicted octanol–water partition coefficient (Wildman–Crippen LogP) is 2.44. The Labute approximate surface area is 123 Å². The van der Waals surface area contributed by atoms with Crippen molar-refractivity contribution in [3.8, 4) is 0 Å². The van der Waals surface area contributed by atoms with Crippen molar-refractivity contribution in [2.24, 2.45) is 5.92 Å². The van der Waals surface area contributed by atoms with Gasteiger partial charge in [0.2, 0.25) is 12.3 Å². The van der Waals surface area contributed by atoms with Crippen LogP contribution < -0.4 is 10.2 Å². The van der Waals surface area contributed by atoms with Crippen molar-refractivity contribution >= 4 is 17.5 Å². The molecule has 1 aromatic heterocycles. The van der Waals surface area contributed by atoms with E-state index in [0.717, 1.165) is 17.7 Å². The minimum Gasteiger partial charge on any atom is -0.341 e. The molecule has 3 rings (SSSR count). The molecule has 2 atom stereocenters. The molecule has 2 heterocycles. The fraction of sp³-hybridized carbons (Fsp3) is 0.400. The smallest absolute Gasteiger partial charge is 0.266 e. The maximum atomic E-state index is 12.6. The highest BCUT2D eigenvalue weighted by Crippen LogP contribution is 2.29. The number of benzene rings is 1. The summed E-state index contributed by atoms with van der Waals surface area (Å²) >= 11 is 0. The summed E-state index contributed by atoms with van der Waals surface area (Å²) in [5.41, 5.74) is 1.89. The van der Waals surface area contributed by atoms with Gasteiger partial charge in [0.05, 0.1) is 0 Å². The number of rotatable bonds is 3. The van der Waals surface area contributed by atoms with E-state index in [9.17, 15) is 4.79 Å². The van der Waals surface area contributed by atoms with Crippen LogP contribution in [0.25, 0.3) is 0 Å². The van der Waals surface area contributed by atoms with Crippen molar-refractivity contribution in [3.05, 3.63) is 36.2 Å². The van der Waals surface area contributed by atoms with Gasteiger partial charge in [-0.25, -0.2) is 0 Å². The maximum absolute atomic E-state index is 12.6. The summed E-state index contributed by atoms with van der Waals surface area (Å²) in [6.45, 7) is 4.71. The number of hydrogen-bond acceptors (Lipinski definition) is 5. The van der Waals surface area contributed by atoms with Gasteiger partial charge in [0.15, 0.2) is 0 Å². The fourth-order valence-corrected chi connectivity index (χ4v) is 2.69. The van der Waals surface area contributed by atoms with Crippen LogP contribution in [0.5, 0.6) is 0 Å². The molecular formula is C15H18N4O2. The van der Waals surface area contributed by atoms with Gasteiger partial charge < -0.3 is 14.7 Å². The highest BCUT2D eigenvalue weighted by molar-refractivity contribution is 5.98. The molecule has 1 amide bonds. The van der Waals surface area contributed by atoms with E-state index < -0.39 is 0 Å². The summed E-state index contributed by atoms with van der Waals surface area (Å²) in [5.74, 6) is 0.601. The van der Waals surface area contributed by atoms with Crippen LogP contribution in [0.1, 0.15) is 25.8 Å². The first kappa shape index (κ1) is 13.6. The van der Waals surface area contributed by atoms with Crippen molar-refractivity contribution in [3.63, 3.8) is 0 Å². The van der Waals surface area contributed by atoms with Crippen molar-refractivity contribution in [1.29, 1.82) is 0 Å². The molecule has 1 aliphatic rings. The van der Waals surface area contributed by atoms with Crippen LogP contribution in [0.15, 0.2) is 35.2 Å². The topological polar surface area (TPSA) is 71.3 Å². The van der Waals surface area contributed by atoms with E-state index in [2.05, 4.69) is 29.3 Å². The Morgan fingerprint density at radius 2 is 2.29 bits per heavy atom. The SMILES string of the molecule is CC[C@H](C)[C@H]1C(=O)Nc2ccccc2CN1c1ncon1. The molecule has 0 aliphatic carbocycles. The number of carbonyl (C=O) groups excluding carboxylic acids is 1. The molecule has 0 saturated carbocycles. The molecule has 2 aromatic rings. The lowest BCUT2D eigenvalue weighted by molar-refractivity contribution is -0.118. The molecule has 1 aromatic carbocycles. The minimum absolute atomic E-state index is 0.0286. The van der Waals surface area contributed by atoms with Crippen LogP contribution >= 0.6 is 0 Å². The second-order valence-electron chi connectivity index (χ2n) is 5.34. The first-order valence-electron chi connectivity index (χ1n) is 7.12. The van der Waals surface area contributed by atoms with E-state index in [1.54, 1.807) is 0 Å². The zero-order valence-corrected chi connectivity index (χ0v) is 12.1. The second-order valence-corrected chi connectivity index (χ2v) is 5.34. The van der Waals surface area contributed by atoms with E-state index in [1.807, 2.05) is 29.2 Å². The van der Waals surface area contributed by atoms with Crippen molar-refractivity contribution in [2.45, 2.75) is 32.9 Å². The molecular weight excluding hydrogens is 268 g/mol. The predicted molar refractivity (Wildman–Crippen MR) is 78.8 cm³/mol. The largest absolute Gasteiger partial charge is 0.341 e. The number of nitrogens with one attached hydrogen (secondary N) is 1. The van der Waals surface area contributed by atoms with Gasteiger partial charge in [-0.15, -0.1) is 0 Å². The highest BCUT2D eigenvalue weighted by Gasteiger charge is 2.35. The van der Waals surface area contributed by atoms with Crippen LogP contribution in [0.3, 0.4) is 0 Å². The third-order valence-corrected chi connectivity index (χ3v) is 4.01. The molecule has 0 spiro atoms. The van der Waals surface area contributed by atoms with E-state index in [-0.39, 0.29) is 17.9 Å². The van der Waals surface area contributed by atoms with Crippen LogP contribution in [-0.4, -0.2) is 22.1 Å². The molecule has 1 N–H and O–H groups in total.